The standard InChI is InChI=1S/C98H132O3/c1-28-31-32-87-71-39-63-35-65(49-79(47-63)91(4,5)6)41-73-57-84(96(19,20)21)58-74(88(73)99)42-66-37-68(52-81(50-66)93(10,11)12)44-76-60-86(98(25,26)27)62-78(90(76)101-34-30-3)46-70-38-69(53-82(54-70)94(13,14)15)45-77-61-85(97(22,23)24)59-75(89(77)100-33-29-2)43-67-36-64(48-80(51-67)92(7,8)9)40-72(87)56-83(55-71)95(16,17)18/h35-38,47-62,99H,28-34,39-46H2,1-27H3. The second kappa shape index (κ2) is 30.1. The summed E-state index contributed by atoms with van der Waals surface area (Å²) in [7, 11) is 0. The van der Waals surface area contributed by atoms with Gasteiger partial charge in [0, 0.05) is 38.5 Å². The highest BCUT2D eigenvalue weighted by molar-refractivity contribution is 5.57. The average Bonchev–Trinajstić information content (AvgIpc) is 0.788. The van der Waals surface area contributed by atoms with E-state index in [2.05, 4.69) is 308 Å². The molecule has 1 aliphatic rings. The van der Waals surface area contributed by atoms with Crippen LogP contribution in [0.4, 0.5) is 0 Å². The quantitative estimate of drug-likeness (QED) is 0.157. The van der Waals surface area contributed by atoms with E-state index in [0.29, 0.717) is 38.2 Å². The third-order valence-corrected chi connectivity index (χ3v) is 21.2. The van der Waals surface area contributed by atoms with Gasteiger partial charge in [-0.15, -0.1) is 0 Å². The van der Waals surface area contributed by atoms with Crippen molar-refractivity contribution in [2.45, 2.75) is 314 Å². The monoisotopic (exact) mass is 1360 g/mol. The fourth-order valence-electron chi connectivity index (χ4n) is 14.7. The molecule has 3 heteroatoms. The molecule has 0 heterocycles. The highest BCUT2D eigenvalue weighted by atomic mass is 16.5. The molecule has 0 atom stereocenters. The lowest BCUT2D eigenvalue weighted by Crippen LogP contribution is -2.16. The largest absolute Gasteiger partial charge is 0.507 e. The third kappa shape index (κ3) is 19.9. The molecule has 0 aliphatic heterocycles. The Bertz CT molecular complexity index is 4000. The van der Waals surface area contributed by atoms with Crippen LogP contribution in [-0.4, -0.2) is 18.3 Å². The number of fused-ring (bicyclic) bond motifs is 16. The lowest BCUT2D eigenvalue weighted by atomic mass is 9.78. The molecule has 1 aliphatic carbocycles. The summed E-state index contributed by atoms with van der Waals surface area (Å²) >= 11 is 0. The minimum atomic E-state index is -0.154. The first kappa shape index (κ1) is 78.3. The molecule has 0 spiro atoms. The van der Waals surface area contributed by atoms with E-state index in [0.717, 1.165) is 86.8 Å². The molecule has 0 radical (unpaired) electrons. The van der Waals surface area contributed by atoms with Crippen molar-refractivity contribution in [2.24, 2.45) is 0 Å². The molecule has 1 N–H and O–H groups in total. The fourth-order valence-corrected chi connectivity index (χ4v) is 14.7. The highest BCUT2D eigenvalue weighted by Gasteiger charge is 2.29. The van der Waals surface area contributed by atoms with Crippen LogP contribution in [0.2, 0.25) is 0 Å². The number of phenols is 1. The van der Waals surface area contributed by atoms with E-state index in [1.54, 1.807) is 0 Å². The molecule has 542 valence electrons. The van der Waals surface area contributed by atoms with E-state index in [1.165, 1.54) is 128 Å². The predicted molar refractivity (Wildman–Crippen MR) is 435 cm³/mol. The Labute approximate surface area is 615 Å². The van der Waals surface area contributed by atoms with Gasteiger partial charge >= 0.3 is 0 Å². The zero-order valence-corrected chi connectivity index (χ0v) is 68.4. The summed E-state index contributed by atoms with van der Waals surface area (Å²) < 4.78 is 14.3. The maximum Gasteiger partial charge on any atom is 0.126 e. The average molecular weight is 1360 g/mol. The maximum absolute atomic E-state index is 13.0. The number of hydrogen-bond donors (Lipinski definition) is 1. The molecule has 0 saturated carbocycles. The van der Waals surface area contributed by atoms with Crippen LogP contribution in [0.1, 0.15) is 352 Å². The topological polar surface area (TPSA) is 38.7 Å². The van der Waals surface area contributed by atoms with Crippen molar-refractivity contribution in [1.82, 2.24) is 0 Å². The second-order valence-corrected chi connectivity index (χ2v) is 39.0. The van der Waals surface area contributed by atoms with Crippen LogP contribution in [-0.2, 0) is 101 Å². The normalized spacial score (nSPS) is 14.1. The summed E-state index contributed by atoms with van der Waals surface area (Å²) in [5, 5.41) is 13.0. The summed E-state index contributed by atoms with van der Waals surface area (Å²) in [5.74, 6) is 2.45. The van der Waals surface area contributed by atoms with Gasteiger partial charge in [0.05, 0.1) is 13.2 Å². The molecule has 0 aromatic heterocycles. The van der Waals surface area contributed by atoms with Crippen LogP contribution >= 0.6 is 0 Å². The number of rotatable bonds is 9. The summed E-state index contributed by atoms with van der Waals surface area (Å²) in [4.78, 5) is 0. The van der Waals surface area contributed by atoms with E-state index in [9.17, 15) is 5.11 Å². The van der Waals surface area contributed by atoms with Crippen molar-refractivity contribution in [2.75, 3.05) is 13.2 Å². The Morgan fingerprint density at radius 1 is 0.248 bits per heavy atom. The SMILES string of the molecule is CCCCc1c2cc(C(C)(C)C)cc1Cc1cc(cc(C(C)(C)C)c1)Cc1cc(C(C)(C)C)cc(c1OCCC)Cc1cc(cc(C(C)(C)C)c1)Cc1cc(C(C)(C)C)cc(c1OCCC)Cc1cc(cc(C(C)(C)C)c1)Cc1cc(C(C)(C)C)cc(c1O)Cc1cc(cc(C(C)(C)C)c1)C2. The molecular formula is C98H132O3. The lowest BCUT2D eigenvalue weighted by molar-refractivity contribution is 0.311. The Morgan fingerprint density at radius 3 is 0.644 bits per heavy atom. The van der Waals surface area contributed by atoms with Gasteiger partial charge in [0.2, 0.25) is 0 Å². The van der Waals surface area contributed by atoms with Crippen LogP contribution in [0.3, 0.4) is 0 Å². The van der Waals surface area contributed by atoms with Crippen LogP contribution in [0.15, 0.2) is 121 Å². The molecule has 101 heavy (non-hydrogen) atoms. The van der Waals surface area contributed by atoms with Crippen molar-refractivity contribution >= 4 is 0 Å². The van der Waals surface area contributed by atoms with E-state index >= 15 is 0 Å². The van der Waals surface area contributed by atoms with Gasteiger partial charge < -0.3 is 14.6 Å². The smallest absolute Gasteiger partial charge is 0.126 e. The molecule has 9 rings (SSSR count). The summed E-state index contributed by atoms with van der Waals surface area (Å²) in [6.07, 6.45) is 11.0. The highest BCUT2D eigenvalue weighted by Crippen LogP contribution is 2.43. The summed E-state index contributed by atoms with van der Waals surface area (Å²) in [6, 6.07) is 49.4. The molecular weight excluding hydrogens is 1230 g/mol. The number of ether oxygens (including phenoxy) is 2. The van der Waals surface area contributed by atoms with Crippen LogP contribution in [0, 0.1) is 0 Å². The maximum atomic E-state index is 13.0. The van der Waals surface area contributed by atoms with E-state index in [4.69, 9.17) is 9.47 Å². The van der Waals surface area contributed by atoms with Crippen molar-refractivity contribution in [1.29, 1.82) is 0 Å². The number of phenolic OH excluding ortho intramolecular Hbond substituents is 1. The summed E-state index contributed by atoms with van der Waals surface area (Å²) in [5.41, 5.74) is 31.3. The number of benzene rings is 8. The van der Waals surface area contributed by atoms with Crippen molar-refractivity contribution in [3.05, 3.63) is 260 Å². The zero-order valence-electron chi connectivity index (χ0n) is 68.4. The van der Waals surface area contributed by atoms with E-state index in [-0.39, 0.29) is 43.3 Å². The van der Waals surface area contributed by atoms with Gasteiger partial charge in [-0.3, -0.25) is 0 Å². The third-order valence-electron chi connectivity index (χ3n) is 21.2. The molecule has 0 saturated heterocycles. The predicted octanol–water partition coefficient (Wildman–Crippen LogP) is 25.7. The first-order valence-corrected chi connectivity index (χ1v) is 38.9. The van der Waals surface area contributed by atoms with Gasteiger partial charge in [0.25, 0.3) is 0 Å². The van der Waals surface area contributed by atoms with Crippen molar-refractivity contribution in [3.8, 4) is 17.2 Å². The fraction of sp³-hybridized carbons (Fsp3) is 0.510. The number of aromatic hydroxyl groups is 1. The minimum Gasteiger partial charge on any atom is -0.507 e. The number of unbranched alkanes of at least 4 members (excludes halogenated alkanes) is 1. The van der Waals surface area contributed by atoms with Gasteiger partial charge in [-0.05, 0) is 221 Å². The van der Waals surface area contributed by atoms with E-state index in [1.807, 2.05) is 0 Å². The van der Waals surface area contributed by atoms with Crippen molar-refractivity contribution < 1.29 is 14.6 Å². The molecule has 16 bridgehead atoms. The Kier molecular flexibility index (Phi) is 23.3. The molecule has 0 fully saturated rings. The van der Waals surface area contributed by atoms with Gasteiger partial charge in [-0.1, -0.05) is 315 Å². The van der Waals surface area contributed by atoms with E-state index < -0.39 is 0 Å². The molecule has 8 aromatic carbocycles. The van der Waals surface area contributed by atoms with Gasteiger partial charge in [-0.2, -0.15) is 0 Å². The van der Waals surface area contributed by atoms with Crippen LogP contribution < -0.4 is 9.47 Å². The Morgan fingerprint density at radius 2 is 0.436 bits per heavy atom. The summed E-state index contributed by atoms with van der Waals surface area (Å²) in [6.45, 7) is 64.7. The second-order valence-electron chi connectivity index (χ2n) is 39.0. The Balaban J connectivity index is 1.36. The molecule has 0 amide bonds. The molecule has 0 unspecified atom stereocenters. The number of hydrogen-bond acceptors (Lipinski definition) is 3. The van der Waals surface area contributed by atoms with Crippen LogP contribution in [0.5, 0.6) is 17.2 Å². The lowest BCUT2D eigenvalue weighted by Gasteiger charge is -2.27. The van der Waals surface area contributed by atoms with Gasteiger partial charge in [0.1, 0.15) is 17.2 Å². The first-order valence-electron chi connectivity index (χ1n) is 38.9. The first-order chi connectivity index (χ1) is 46.8. The molecule has 3 nitrogen and oxygen atoms in total. The zero-order chi connectivity index (χ0) is 74.3. The van der Waals surface area contributed by atoms with Crippen molar-refractivity contribution in [3.63, 3.8) is 0 Å². The molecule has 8 aromatic rings. The van der Waals surface area contributed by atoms with Gasteiger partial charge in [0.15, 0.2) is 0 Å². The van der Waals surface area contributed by atoms with Gasteiger partial charge in [-0.25, -0.2) is 0 Å². The Hall–Kier alpha value is -6.84. The minimum absolute atomic E-state index is 0.0727. The van der Waals surface area contributed by atoms with Crippen LogP contribution in [0.25, 0.3) is 0 Å².